The van der Waals surface area contributed by atoms with Crippen LogP contribution >= 0.6 is 0 Å². The van der Waals surface area contributed by atoms with Crippen LogP contribution < -0.4 is 0 Å². The minimum absolute atomic E-state index is 0.156. The molecule has 0 saturated carbocycles. The lowest BCUT2D eigenvalue weighted by molar-refractivity contribution is -0.272. The highest BCUT2D eigenvalue weighted by Gasteiger charge is 2.48. The zero-order chi connectivity index (χ0) is 38.5. The van der Waals surface area contributed by atoms with Crippen molar-refractivity contribution < 1.29 is 28.1 Å². The average molecular weight is 759 g/mol. The second-order valence-electron chi connectivity index (χ2n) is 16.1. The Kier molecular flexibility index (Phi) is 14.7. The van der Waals surface area contributed by atoms with Crippen LogP contribution in [0, 0.1) is 0 Å². The molecule has 0 unspecified atom stereocenters. The molecule has 1 fully saturated rings. The van der Waals surface area contributed by atoms with Gasteiger partial charge in [-0.05, 0) is 51.5 Å². The molecule has 1 heterocycles. The predicted octanol–water partition coefficient (Wildman–Crippen LogP) is 10.5. The summed E-state index contributed by atoms with van der Waals surface area (Å²) in [5.74, 6) is 0. The van der Waals surface area contributed by atoms with Gasteiger partial charge in [-0.3, -0.25) is 0 Å². The van der Waals surface area contributed by atoms with E-state index in [-0.39, 0.29) is 11.1 Å². The monoisotopic (exact) mass is 758 g/mol. The Balaban J connectivity index is 1.29. The minimum Gasteiger partial charge on any atom is -0.413 e. The van der Waals surface area contributed by atoms with Crippen LogP contribution in [0.25, 0.3) is 0 Å². The maximum atomic E-state index is 7.10. The third-order valence-electron chi connectivity index (χ3n) is 10.8. The van der Waals surface area contributed by atoms with E-state index >= 15 is 0 Å². The summed E-state index contributed by atoms with van der Waals surface area (Å²) in [7, 11) is -1.87. The van der Waals surface area contributed by atoms with E-state index in [2.05, 4.69) is 107 Å². The quantitative estimate of drug-likeness (QED) is 0.0830. The van der Waals surface area contributed by atoms with E-state index in [0.29, 0.717) is 46.1 Å². The molecule has 0 radical (unpaired) electrons. The Morgan fingerprint density at radius 3 is 1.29 bits per heavy atom. The van der Waals surface area contributed by atoms with Crippen molar-refractivity contribution in [1.29, 1.82) is 0 Å². The standard InChI is InChI=1S/C48H58O6Si/c1-48(2,3)55(4,5)53-35-42-28-26-37(27-29-42)30-43-45(50-32-39-20-12-7-13-21-39)47(52-34-41-24-16-9-17-25-41)46(51-33-40-22-14-8-15-23-40)44(54-43)36-49-31-38-18-10-6-11-19-38/h6-29,43-47H,30-36H2,1-5H3/t43-,44+,45-,46+,47+/m0/s1. The Labute approximate surface area is 329 Å². The van der Waals surface area contributed by atoms with Crippen LogP contribution in [0.3, 0.4) is 0 Å². The van der Waals surface area contributed by atoms with E-state index in [1.54, 1.807) is 0 Å². The van der Waals surface area contributed by atoms with E-state index in [9.17, 15) is 0 Å². The van der Waals surface area contributed by atoms with Crippen LogP contribution in [0.1, 0.15) is 54.2 Å². The molecular weight excluding hydrogens is 701 g/mol. The minimum atomic E-state index is -1.87. The van der Waals surface area contributed by atoms with E-state index < -0.39 is 32.7 Å². The molecule has 5 atom stereocenters. The average Bonchev–Trinajstić information content (AvgIpc) is 3.20. The molecule has 5 aromatic rings. The van der Waals surface area contributed by atoms with Gasteiger partial charge in [0.2, 0.25) is 0 Å². The molecule has 0 aromatic heterocycles. The fraction of sp³-hybridized carbons (Fsp3) is 0.375. The first kappa shape index (κ1) is 40.7. The van der Waals surface area contributed by atoms with Crippen LogP contribution in [0.2, 0.25) is 18.1 Å². The molecule has 1 aliphatic rings. The molecule has 55 heavy (non-hydrogen) atoms. The lowest BCUT2D eigenvalue weighted by Gasteiger charge is -2.46. The summed E-state index contributed by atoms with van der Waals surface area (Å²) < 4.78 is 40.7. The lowest BCUT2D eigenvalue weighted by atomic mass is 9.90. The molecule has 0 amide bonds. The van der Waals surface area contributed by atoms with Crippen molar-refractivity contribution in [3.05, 3.63) is 179 Å². The van der Waals surface area contributed by atoms with Crippen molar-refractivity contribution in [2.75, 3.05) is 6.61 Å². The Bertz CT molecular complexity index is 1810. The van der Waals surface area contributed by atoms with Gasteiger partial charge in [-0.25, -0.2) is 0 Å². The van der Waals surface area contributed by atoms with Gasteiger partial charge in [0.15, 0.2) is 8.32 Å². The summed E-state index contributed by atoms with van der Waals surface area (Å²) >= 11 is 0. The Morgan fingerprint density at radius 2 is 0.836 bits per heavy atom. The van der Waals surface area contributed by atoms with E-state index in [0.717, 1.165) is 27.8 Å². The van der Waals surface area contributed by atoms with Crippen molar-refractivity contribution >= 4 is 8.32 Å². The number of rotatable bonds is 18. The highest BCUT2D eigenvalue weighted by Crippen LogP contribution is 2.37. The first-order valence-electron chi connectivity index (χ1n) is 19.6. The topological polar surface area (TPSA) is 55.4 Å². The molecule has 0 aliphatic carbocycles. The van der Waals surface area contributed by atoms with Crippen molar-refractivity contribution in [3.8, 4) is 0 Å². The van der Waals surface area contributed by atoms with Crippen LogP contribution in [-0.2, 0) is 67.6 Å². The molecule has 290 valence electrons. The number of hydrogen-bond acceptors (Lipinski definition) is 6. The van der Waals surface area contributed by atoms with Gasteiger partial charge in [0.05, 0.1) is 45.7 Å². The molecule has 1 aliphatic heterocycles. The van der Waals surface area contributed by atoms with Gasteiger partial charge >= 0.3 is 0 Å². The Hall–Kier alpha value is -3.92. The van der Waals surface area contributed by atoms with Gasteiger partial charge in [0, 0.05) is 6.42 Å². The summed E-state index contributed by atoms with van der Waals surface area (Å²) in [6, 6.07) is 49.8. The summed E-state index contributed by atoms with van der Waals surface area (Å²) in [5, 5.41) is 0.156. The fourth-order valence-electron chi connectivity index (χ4n) is 6.53. The number of benzene rings is 5. The van der Waals surface area contributed by atoms with Gasteiger partial charge in [0.1, 0.15) is 24.4 Å². The highest BCUT2D eigenvalue weighted by molar-refractivity contribution is 6.74. The van der Waals surface area contributed by atoms with E-state index in [1.807, 2.05) is 72.8 Å². The van der Waals surface area contributed by atoms with E-state index in [4.69, 9.17) is 28.1 Å². The third-order valence-corrected chi connectivity index (χ3v) is 15.3. The molecule has 6 nitrogen and oxygen atoms in total. The number of ether oxygens (including phenoxy) is 5. The van der Waals surface area contributed by atoms with Gasteiger partial charge in [-0.15, -0.1) is 0 Å². The van der Waals surface area contributed by atoms with Gasteiger partial charge in [-0.2, -0.15) is 0 Å². The SMILES string of the molecule is CC(C)(C)[Si](C)(C)OCc1ccc(C[C@@H]2O[C@H](COCc3ccccc3)[C@@H](OCc3ccccc3)[C@H](OCc3ccccc3)[C@H]2OCc2ccccc2)cc1. The van der Waals surface area contributed by atoms with Crippen LogP contribution in [0.4, 0.5) is 0 Å². The second-order valence-corrected chi connectivity index (χ2v) is 20.9. The molecular formula is C48H58O6Si. The smallest absolute Gasteiger partial charge is 0.192 e. The van der Waals surface area contributed by atoms with E-state index in [1.165, 1.54) is 5.56 Å². The van der Waals surface area contributed by atoms with Gasteiger partial charge < -0.3 is 28.1 Å². The van der Waals surface area contributed by atoms with Gasteiger partial charge in [0.25, 0.3) is 0 Å². The van der Waals surface area contributed by atoms with Crippen molar-refractivity contribution in [2.45, 2.75) is 109 Å². The molecule has 0 bridgehead atoms. The summed E-state index contributed by atoms with van der Waals surface area (Å²) in [6.07, 6.45) is -1.46. The summed E-state index contributed by atoms with van der Waals surface area (Å²) in [5.41, 5.74) is 6.68. The molecule has 7 heteroatoms. The predicted molar refractivity (Wildman–Crippen MR) is 222 cm³/mol. The lowest BCUT2D eigenvalue weighted by Crippen LogP contribution is -2.61. The van der Waals surface area contributed by atoms with Crippen molar-refractivity contribution in [1.82, 2.24) is 0 Å². The molecule has 0 spiro atoms. The normalized spacial score (nSPS) is 20.3. The third kappa shape index (κ3) is 12.0. The fourth-order valence-corrected chi connectivity index (χ4v) is 7.49. The number of hydrogen-bond donors (Lipinski definition) is 0. The van der Waals surface area contributed by atoms with Crippen molar-refractivity contribution in [3.63, 3.8) is 0 Å². The maximum Gasteiger partial charge on any atom is 0.192 e. The largest absolute Gasteiger partial charge is 0.413 e. The van der Waals surface area contributed by atoms with Crippen LogP contribution in [0.5, 0.6) is 0 Å². The zero-order valence-corrected chi connectivity index (χ0v) is 34.1. The summed E-state index contributed by atoms with van der Waals surface area (Å²) in [6.45, 7) is 14.1. The van der Waals surface area contributed by atoms with Crippen LogP contribution in [0.15, 0.2) is 146 Å². The molecule has 0 N–H and O–H groups in total. The highest BCUT2D eigenvalue weighted by atomic mass is 28.4. The first-order chi connectivity index (χ1) is 26.6. The zero-order valence-electron chi connectivity index (χ0n) is 33.1. The molecule has 6 rings (SSSR count). The molecule has 1 saturated heterocycles. The Morgan fingerprint density at radius 1 is 0.455 bits per heavy atom. The first-order valence-corrected chi connectivity index (χ1v) is 22.5. The maximum absolute atomic E-state index is 7.10. The summed E-state index contributed by atoms with van der Waals surface area (Å²) in [4.78, 5) is 0. The van der Waals surface area contributed by atoms with Crippen molar-refractivity contribution in [2.24, 2.45) is 0 Å². The van der Waals surface area contributed by atoms with Crippen LogP contribution in [-0.4, -0.2) is 45.4 Å². The van der Waals surface area contributed by atoms with Gasteiger partial charge in [-0.1, -0.05) is 166 Å². The molecule has 5 aromatic carbocycles. The second kappa shape index (κ2) is 19.8.